The number of carbonyl (C=O) groups excluding carboxylic acids is 2. The molecule has 1 N–H and O–H groups in total. The largest absolute Gasteiger partial charge is 0.286 e. The molecule has 9 heavy (non-hydrogen) atoms. The first-order chi connectivity index (χ1) is 4.29. The lowest BCUT2D eigenvalue weighted by molar-refractivity contribution is -0.117. The lowest BCUT2D eigenvalue weighted by atomic mass is 10.7. The van der Waals surface area contributed by atoms with Crippen LogP contribution in [-0.4, -0.2) is 16.9 Å². The number of hydrogen-bond donors (Lipinski definition) is 1. The number of amides is 2. The molecular weight excluding hydrogens is 138 g/mol. The standard InChI is InChI=1S/C3H3NO2S.C2H4/c5-2-1-7-3(6)4-2;1-2/h1H2,(H,4,5,6);1-2H2. The van der Waals surface area contributed by atoms with Gasteiger partial charge < -0.3 is 0 Å². The summed E-state index contributed by atoms with van der Waals surface area (Å²) in [7, 11) is 0. The molecule has 0 radical (unpaired) electrons. The van der Waals surface area contributed by atoms with E-state index in [1.54, 1.807) is 0 Å². The molecule has 0 saturated carbocycles. The van der Waals surface area contributed by atoms with E-state index in [1.165, 1.54) is 0 Å². The van der Waals surface area contributed by atoms with E-state index in [4.69, 9.17) is 0 Å². The van der Waals surface area contributed by atoms with Gasteiger partial charge in [0, 0.05) is 0 Å². The van der Waals surface area contributed by atoms with Gasteiger partial charge in [0.25, 0.3) is 5.24 Å². The van der Waals surface area contributed by atoms with Crippen molar-refractivity contribution in [2.24, 2.45) is 0 Å². The van der Waals surface area contributed by atoms with Gasteiger partial charge in [0.05, 0.1) is 5.75 Å². The Hall–Kier alpha value is -0.770. The van der Waals surface area contributed by atoms with Crippen LogP contribution in [0.15, 0.2) is 13.2 Å². The summed E-state index contributed by atoms with van der Waals surface area (Å²) in [6, 6.07) is 0. The lowest BCUT2D eigenvalue weighted by Gasteiger charge is -1.77. The second-order valence-electron chi connectivity index (χ2n) is 1.12. The van der Waals surface area contributed by atoms with Gasteiger partial charge in [-0.15, -0.1) is 13.2 Å². The Balaban J connectivity index is 0.000000291. The fourth-order valence-corrected chi connectivity index (χ4v) is 0.837. The van der Waals surface area contributed by atoms with Crippen LogP contribution in [0.25, 0.3) is 0 Å². The number of thioether (sulfide) groups is 1. The molecule has 50 valence electrons. The molecule has 1 heterocycles. The van der Waals surface area contributed by atoms with Gasteiger partial charge in [0.2, 0.25) is 5.91 Å². The zero-order chi connectivity index (χ0) is 7.28. The quantitative estimate of drug-likeness (QED) is 0.512. The van der Waals surface area contributed by atoms with E-state index in [0.717, 1.165) is 11.8 Å². The monoisotopic (exact) mass is 145 g/mol. The first-order valence-electron chi connectivity index (χ1n) is 2.25. The van der Waals surface area contributed by atoms with Crippen LogP contribution in [0.5, 0.6) is 0 Å². The molecule has 0 aromatic heterocycles. The molecule has 0 atom stereocenters. The Morgan fingerprint density at radius 2 is 2.00 bits per heavy atom. The van der Waals surface area contributed by atoms with Crippen molar-refractivity contribution in [3.8, 4) is 0 Å². The Morgan fingerprint density at radius 3 is 2.11 bits per heavy atom. The van der Waals surface area contributed by atoms with E-state index in [9.17, 15) is 9.59 Å². The minimum Gasteiger partial charge on any atom is -0.286 e. The molecule has 0 bridgehead atoms. The molecule has 0 aromatic rings. The van der Waals surface area contributed by atoms with Crippen molar-refractivity contribution >= 4 is 22.9 Å². The van der Waals surface area contributed by atoms with Gasteiger partial charge in [-0.1, -0.05) is 11.8 Å². The molecule has 1 saturated heterocycles. The van der Waals surface area contributed by atoms with Crippen molar-refractivity contribution in [1.82, 2.24) is 5.32 Å². The van der Waals surface area contributed by atoms with Crippen LogP contribution in [0.3, 0.4) is 0 Å². The van der Waals surface area contributed by atoms with Crippen molar-refractivity contribution < 1.29 is 9.59 Å². The third-order valence-corrected chi connectivity index (χ3v) is 1.35. The molecule has 0 aliphatic carbocycles. The average molecular weight is 145 g/mol. The van der Waals surface area contributed by atoms with Crippen molar-refractivity contribution in [1.29, 1.82) is 0 Å². The van der Waals surface area contributed by atoms with E-state index in [1.807, 2.05) is 0 Å². The van der Waals surface area contributed by atoms with Crippen molar-refractivity contribution in [2.75, 3.05) is 5.75 Å². The number of carbonyl (C=O) groups is 2. The summed E-state index contributed by atoms with van der Waals surface area (Å²) in [5, 5.41) is 1.87. The molecule has 1 rings (SSSR count). The van der Waals surface area contributed by atoms with Crippen LogP contribution < -0.4 is 5.32 Å². The van der Waals surface area contributed by atoms with E-state index >= 15 is 0 Å². The second-order valence-corrected chi connectivity index (χ2v) is 2.07. The van der Waals surface area contributed by atoms with Crippen LogP contribution in [-0.2, 0) is 4.79 Å². The van der Waals surface area contributed by atoms with Crippen molar-refractivity contribution in [3.05, 3.63) is 13.2 Å². The third kappa shape index (κ3) is 2.92. The molecule has 3 nitrogen and oxygen atoms in total. The normalized spacial score (nSPS) is 16.0. The molecule has 4 heteroatoms. The summed E-state index contributed by atoms with van der Waals surface area (Å²) >= 11 is 1.01. The van der Waals surface area contributed by atoms with Crippen molar-refractivity contribution in [2.45, 2.75) is 0 Å². The van der Waals surface area contributed by atoms with Crippen LogP contribution >= 0.6 is 11.8 Å². The summed E-state index contributed by atoms with van der Waals surface area (Å²) in [6.07, 6.45) is 0. The average Bonchev–Trinajstić information content (AvgIpc) is 2.20. The van der Waals surface area contributed by atoms with Crippen LogP contribution in [0.4, 0.5) is 4.79 Å². The zero-order valence-electron chi connectivity index (χ0n) is 4.85. The highest BCUT2D eigenvalue weighted by Crippen LogP contribution is 2.06. The predicted octanol–water partition coefficient (Wildman–Crippen LogP) is 0.772. The summed E-state index contributed by atoms with van der Waals surface area (Å²) < 4.78 is 0. The Morgan fingerprint density at radius 1 is 1.44 bits per heavy atom. The minimum atomic E-state index is -0.231. The van der Waals surface area contributed by atoms with Gasteiger partial charge in [-0.3, -0.25) is 14.9 Å². The van der Waals surface area contributed by atoms with E-state index < -0.39 is 0 Å². The van der Waals surface area contributed by atoms with E-state index in [0.29, 0.717) is 5.75 Å². The SMILES string of the molecule is C=C.O=C1CSC(=O)N1. The topological polar surface area (TPSA) is 46.2 Å². The van der Waals surface area contributed by atoms with Crippen molar-refractivity contribution in [3.63, 3.8) is 0 Å². The van der Waals surface area contributed by atoms with Crippen LogP contribution in [0.1, 0.15) is 0 Å². The molecule has 0 unspecified atom stereocenters. The number of rotatable bonds is 0. The molecule has 0 aromatic carbocycles. The highest BCUT2D eigenvalue weighted by molar-refractivity contribution is 8.14. The molecule has 1 fully saturated rings. The number of hydrogen-bond acceptors (Lipinski definition) is 3. The molecule has 2 amide bonds. The summed E-state index contributed by atoms with van der Waals surface area (Å²) in [5.41, 5.74) is 0. The minimum absolute atomic E-state index is 0.185. The molecular formula is C5H7NO2S. The van der Waals surface area contributed by atoms with Gasteiger partial charge in [0.1, 0.15) is 0 Å². The predicted molar refractivity (Wildman–Crippen MR) is 37.3 cm³/mol. The van der Waals surface area contributed by atoms with Gasteiger partial charge in [-0.05, 0) is 0 Å². The molecule has 1 aliphatic heterocycles. The Labute approximate surface area is 57.5 Å². The first-order valence-corrected chi connectivity index (χ1v) is 3.24. The highest BCUT2D eigenvalue weighted by atomic mass is 32.2. The van der Waals surface area contributed by atoms with Gasteiger partial charge in [-0.2, -0.15) is 0 Å². The smallest absolute Gasteiger partial charge is 0.286 e. The Bertz CT molecular complexity index is 121. The summed E-state index contributed by atoms with van der Waals surface area (Å²) in [5.74, 6) is 0.105. The fraction of sp³-hybridized carbons (Fsp3) is 0.200. The highest BCUT2D eigenvalue weighted by Gasteiger charge is 2.16. The number of nitrogens with one attached hydrogen (secondary N) is 1. The number of imide groups is 1. The summed E-state index contributed by atoms with van der Waals surface area (Å²) in [6.45, 7) is 6.00. The maximum Gasteiger partial charge on any atom is 0.286 e. The fourth-order valence-electron chi connectivity index (χ4n) is 0.317. The van der Waals surface area contributed by atoms with E-state index in [2.05, 4.69) is 18.5 Å². The molecule has 0 spiro atoms. The molecule has 1 aliphatic rings. The lowest BCUT2D eigenvalue weighted by Crippen LogP contribution is -2.18. The van der Waals surface area contributed by atoms with Gasteiger partial charge in [-0.25, -0.2) is 0 Å². The maximum atomic E-state index is 10.1. The van der Waals surface area contributed by atoms with E-state index in [-0.39, 0.29) is 11.1 Å². The summed E-state index contributed by atoms with van der Waals surface area (Å²) in [4.78, 5) is 20.2. The Kier molecular flexibility index (Phi) is 3.79. The van der Waals surface area contributed by atoms with Gasteiger partial charge >= 0.3 is 0 Å². The van der Waals surface area contributed by atoms with Gasteiger partial charge in [0.15, 0.2) is 0 Å². The maximum absolute atomic E-state index is 10.1. The first kappa shape index (κ1) is 8.23. The van der Waals surface area contributed by atoms with Crippen LogP contribution in [0, 0.1) is 0 Å². The van der Waals surface area contributed by atoms with Crippen LogP contribution in [0.2, 0.25) is 0 Å². The zero-order valence-corrected chi connectivity index (χ0v) is 5.66. The third-order valence-electron chi connectivity index (χ3n) is 0.576. The second kappa shape index (κ2) is 4.14.